The summed E-state index contributed by atoms with van der Waals surface area (Å²) in [7, 11) is 0. The Kier molecular flexibility index (Phi) is 4.02. The van der Waals surface area contributed by atoms with Crippen molar-refractivity contribution in [2.24, 2.45) is 5.73 Å². The number of carbonyl (C=O) groups excluding carboxylic acids is 1. The Balaban J connectivity index is 2.86. The molecule has 5 nitrogen and oxygen atoms in total. The Morgan fingerprint density at radius 2 is 2.06 bits per heavy atom. The predicted octanol–water partition coefficient (Wildman–Crippen LogP) is 0.599. The first kappa shape index (κ1) is 12.2. The highest BCUT2D eigenvalue weighted by molar-refractivity contribution is 5.95. The largest absolute Gasteiger partial charge is 0.481 e. The number of hydrogen-bond acceptors (Lipinski definition) is 3. The highest BCUT2D eigenvalue weighted by Gasteiger charge is 2.11. The molecule has 5 heteroatoms. The van der Waals surface area contributed by atoms with Crippen LogP contribution < -0.4 is 11.1 Å². The summed E-state index contributed by atoms with van der Waals surface area (Å²) in [5, 5.41) is 11.3. The van der Waals surface area contributed by atoms with Gasteiger partial charge in [-0.05, 0) is 18.6 Å². The van der Waals surface area contributed by atoms with Gasteiger partial charge < -0.3 is 16.2 Å². The van der Waals surface area contributed by atoms with Crippen molar-refractivity contribution in [1.29, 1.82) is 0 Å². The molecule has 0 aliphatic heterocycles. The van der Waals surface area contributed by atoms with E-state index in [2.05, 4.69) is 5.32 Å². The molecule has 86 valence electrons. The third-order valence-corrected chi connectivity index (χ3v) is 2.03. The Morgan fingerprint density at radius 3 is 2.62 bits per heavy atom. The molecule has 1 amide bonds. The van der Waals surface area contributed by atoms with Crippen molar-refractivity contribution in [1.82, 2.24) is 0 Å². The van der Waals surface area contributed by atoms with Crippen LogP contribution in [0.15, 0.2) is 24.3 Å². The number of nitrogens with one attached hydrogen (secondary N) is 1. The molecule has 0 heterocycles. The molecule has 0 aliphatic rings. The molecule has 1 atom stereocenters. The molecule has 0 bridgehead atoms. The van der Waals surface area contributed by atoms with E-state index in [9.17, 15) is 9.59 Å². The number of carbonyl (C=O) groups is 2. The van der Waals surface area contributed by atoms with Gasteiger partial charge >= 0.3 is 5.97 Å². The minimum atomic E-state index is -0.942. The van der Waals surface area contributed by atoms with Gasteiger partial charge in [0.15, 0.2) is 0 Å². The minimum Gasteiger partial charge on any atom is -0.481 e. The standard InChI is InChI=1S/C11H14N2O3/c1-7(12)11(16)13-9-5-3-2-4-8(9)6-10(14)15/h2-5,7H,6,12H2,1H3,(H,13,16)(H,14,15). The Hall–Kier alpha value is -1.88. The zero-order valence-electron chi connectivity index (χ0n) is 8.93. The number of aliphatic carboxylic acids is 1. The molecule has 0 saturated carbocycles. The minimum absolute atomic E-state index is 0.130. The quantitative estimate of drug-likeness (QED) is 0.695. The number of carboxylic acids is 1. The van der Waals surface area contributed by atoms with Crippen LogP contribution in [0.5, 0.6) is 0 Å². The van der Waals surface area contributed by atoms with Crippen LogP contribution in [0.3, 0.4) is 0 Å². The zero-order chi connectivity index (χ0) is 12.1. The van der Waals surface area contributed by atoms with Gasteiger partial charge in [-0.15, -0.1) is 0 Å². The second kappa shape index (κ2) is 5.27. The lowest BCUT2D eigenvalue weighted by Crippen LogP contribution is -2.32. The number of para-hydroxylation sites is 1. The van der Waals surface area contributed by atoms with Crippen molar-refractivity contribution in [2.45, 2.75) is 19.4 Å². The monoisotopic (exact) mass is 222 g/mol. The van der Waals surface area contributed by atoms with Crippen LogP contribution in [0.2, 0.25) is 0 Å². The molecule has 16 heavy (non-hydrogen) atoms. The molecule has 1 unspecified atom stereocenters. The summed E-state index contributed by atoms with van der Waals surface area (Å²) in [6, 6.07) is 6.13. The van der Waals surface area contributed by atoms with Crippen molar-refractivity contribution >= 4 is 17.6 Å². The number of anilines is 1. The SMILES string of the molecule is CC(N)C(=O)Nc1ccccc1CC(=O)O. The van der Waals surface area contributed by atoms with Crippen LogP contribution in [0.1, 0.15) is 12.5 Å². The highest BCUT2D eigenvalue weighted by atomic mass is 16.4. The maximum atomic E-state index is 11.4. The molecule has 0 spiro atoms. The summed E-state index contributed by atoms with van der Waals surface area (Å²) in [6.45, 7) is 1.56. The second-order valence-corrected chi connectivity index (χ2v) is 3.51. The second-order valence-electron chi connectivity index (χ2n) is 3.51. The summed E-state index contributed by atoms with van der Waals surface area (Å²) in [5.74, 6) is -1.28. The summed E-state index contributed by atoms with van der Waals surface area (Å²) < 4.78 is 0. The van der Waals surface area contributed by atoms with Crippen molar-refractivity contribution in [3.05, 3.63) is 29.8 Å². The molecule has 0 saturated heterocycles. The average molecular weight is 222 g/mol. The average Bonchev–Trinajstić information content (AvgIpc) is 2.20. The van der Waals surface area contributed by atoms with Crippen LogP contribution in [-0.2, 0) is 16.0 Å². The number of rotatable bonds is 4. The van der Waals surface area contributed by atoms with E-state index in [4.69, 9.17) is 10.8 Å². The first-order valence-electron chi connectivity index (χ1n) is 4.87. The normalized spacial score (nSPS) is 11.9. The summed E-state index contributed by atoms with van der Waals surface area (Å²) >= 11 is 0. The number of benzene rings is 1. The van der Waals surface area contributed by atoms with Gasteiger partial charge in [0.05, 0.1) is 12.5 Å². The summed E-state index contributed by atoms with van der Waals surface area (Å²) in [6.07, 6.45) is -0.130. The maximum Gasteiger partial charge on any atom is 0.307 e. The molecule has 0 aliphatic carbocycles. The molecule has 4 N–H and O–H groups in total. The van der Waals surface area contributed by atoms with Gasteiger partial charge in [-0.3, -0.25) is 9.59 Å². The van der Waals surface area contributed by atoms with E-state index in [-0.39, 0.29) is 12.3 Å². The number of carboxylic acid groups (broad SMARTS) is 1. The zero-order valence-corrected chi connectivity index (χ0v) is 8.93. The highest BCUT2D eigenvalue weighted by Crippen LogP contribution is 2.15. The van der Waals surface area contributed by atoms with E-state index in [1.54, 1.807) is 31.2 Å². The fraction of sp³-hybridized carbons (Fsp3) is 0.273. The topological polar surface area (TPSA) is 92.4 Å². The molecular formula is C11H14N2O3. The first-order chi connectivity index (χ1) is 7.50. The fourth-order valence-corrected chi connectivity index (χ4v) is 1.21. The van der Waals surface area contributed by atoms with Crippen LogP contribution in [0.25, 0.3) is 0 Å². The number of nitrogens with two attached hydrogens (primary N) is 1. The molecule has 1 aromatic carbocycles. The molecule has 0 radical (unpaired) electrons. The van der Waals surface area contributed by atoms with E-state index in [0.717, 1.165) is 0 Å². The van der Waals surface area contributed by atoms with Crippen molar-refractivity contribution in [3.63, 3.8) is 0 Å². The van der Waals surface area contributed by atoms with Gasteiger partial charge in [0, 0.05) is 5.69 Å². The van der Waals surface area contributed by atoms with Crippen molar-refractivity contribution in [2.75, 3.05) is 5.32 Å². The Labute approximate surface area is 93.3 Å². The van der Waals surface area contributed by atoms with Gasteiger partial charge in [-0.25, -0.2) is 0 Å². The lowest BCUT2D eigenvalue weighted by molar-refractivity contribution is -0.136. The third-order valence-electron chi connectivity index (χ3n) is 2.03. The van der Waals surface area contributed by atoms with Gasteiger partial charge in [-0.1, -0.05) is 18.2 Å². The molecule has 0 fully saturated rings. The lowest BCUT2D eigenvalue weighted by Gasteiger charge is -2.11. The maximum absolute atomic E-state index is 11.4. The van der Waals surface area contributed by atoms with E-state index in [0.29, 0.717) is 11.3 Å². The summed E-state index contributed by atoms with van der Waals surface area (Å²) in [5.41, 5.74) is 6.46. The van der Waals surface area contributed by atoms with Gasteiger partial charge in [0.25, 0.3) is 0 Å². The van der Waals surface area contributed by atoms with E-state index >= 15 is 0 Å². The lowest BCUT2D eigenvalue weighted by atomic mass is 10.1. The van der Waals surface area contributed by atoms with Crippen molar-refractivity contribution < 1.29 is 14.7 Å². The molecule has 0 aromatic heterocycles. The number of amides is 1. The van der Waals surface area contributed by atoms with Gasteiger partial charge in [0.2, 0.25) is 5.91 Å². The fourth-order valence-electron chi connectivity index (χ4n) is 1.21. The van der Waals surface area contributed by atoms with Gasteiger partial charge in [-0.2, -0.15) is 0 Å². The first-order valence-corrected chi connectivity index (χ1v) is 4.87. The third kappa shape index (κ3) is 3.36. The Morgan fingerprint density at radius 1 is 1.44 bits per heavy atom. The van der Waals surface area contributed by atoms with Gasteiger partial charge in [0.1, 0.15) is 0 Å². The number of hydrogen-bond donors (Lipinski definition) is 3. The van der Waals surface area contributed by atoms with E-state index in [1.165, 1.54) is 0 Å². The molecular weight excluding hydrogens is 208 g/mol. The van der Waals surface area contributed by atoms with E-state index in [1.807, 2.05) is 0 Å². The molecule has 1 rings (SSSR count). The summed E-state index contributed by atoms with van der Waals surface area (Å²) in [4.78, 5) is 22.0. The Bertz CT molecular complexity index is 402. The molecule has 1 aromatic rings. The van der Waals surface area contributed by atoms with Crippen LogP contribution in [0, 0.1) is 0 Å². The van der Waals surface area contributed by atoms with Crippen LogP contribution >= 0.6 is 0 Å². The van der Waals surface area contributed by atoms with Crippen molar-refractivity contribution in [3.8, 4) is 0 Å². The smallest absolute Gasteiger partial charge is 0.307 e. The van der Waals surface area contributed by atoms with Crippen LogP contribution in [-0.4, -0.2) is 23.0 Å². The predicted molar refractivity (Wildman–Crippen MR) is 60.1 cm³/mol. The van der Waals surface area contributed by atoms with E-state index < -0.39 is 12.0 Å². The van der Waals surface area contributed by atoms with Crippen LogP contribution in [0.4, 0.5) is 5.69 Å².